The van der Waals surface area contributed by atoms with Gasteiger partial charge in [0.1, 0.15) is 0 Å². The van der Waals surface area contributed by atoms with Gasteiger partial charge in [0.25, 0.3) is 0 Å². The molecule has 4 heavy (non-hydrogen) atoms. The van der Waals surface area contributed by atoms with Gasteiger partial charge in [0.2, 0.25) is 0 Å². The molecule has 0 atom stereocenters. The fourth-order valence-corrected chi connectivity index (χ4v) is 0. The van der Waals surface area contributed by atoms with Gasteiger partial charge in [-0.2, -0.15) is 0 Å². The van der Waals surface area contributed by atoms with Gasteiger partial charge in [0, 0.05) is 0 Å². The van der Waals surface area contributed by atoms with Crippen molar-refractivity contribution >= 4 is 51.4 Å². The molecule has 0 fully saturated rings. The maximum absolute atomic E-state index is 6.00. The van der Waals surface area contributed by atoms with E-state index in [0.717, 1.165) is 0 Å². The van der Waals surface area contributed by atoms with Crippen LogP contribution in [0.1, 0.15) is 0 Å². The van der Waals surface area contributed by atoms with Crippen LogP contribution in [0.5, 0.6) is 0 Å². The van der Waals surface area contributed by atoms with E-state index in [1.54, 1.807) is 0 Å². The molecule has 0 aromatic carbocycles. The monoisotopic (exact) mass is 92.0 g/mol. The molecule has 0 aliphatic carbocycles. The quantitative estimate of drug-likeness (QED) is 0.218. The number of rotatable bonds is 0. The summed E-state index contributed by atoms with van der Waals surface area (Å²) >= 11 is 0. The molecule has 4 heteroatoms. The average Bonchev–Trinajstić information content (AvgIpc) is 1.00. The van der Waals surface area contributed by atoms with Gasteiger partial charge in [-0.25, -0.2) is 0 Å². The zero-order valence-corrected chi connectivity index (χ0v) is 1.39. The summed E-state index contributed by atoms with van der Waals surface area (Å²) in [6.45, 7) is 0. The molecule has 24 valence electrons. The third-order valence-electron chi connectivity index (χ3n) is 0. The van der Waals surface area contributed by atoms with Gasteiger partial charge in [-0.3, -0.25) is 10.5 Å². The minimum atomic E-state index is 0. The topological polar surface area (TPSA) is 72.0 Å². The van der Waals surface area contributed by atoms with E-state index in [9.17, 15) is 0 Å². The predicted octanol–water partition coefficient (Wildman–Crippen LogP) is -1.46. The van der Waals surface area contributed by atoms with E-state index >= 15 is 0 Å². The molecule has 0 rings (SSSR count). The third kappa shape index (κ3) is 9.68. The molecule has 0 spiro atoms. The molecule has 0 saturated heterocycles. The van der Waals surface area contributed by atoms with E-state index in [1.807, 2.05) is 0 Å². The first-order valence-electron chi connectivity index (χ1n) is 0.200. The Hall–Kier alpha value is 1.52. The minimum absolute atomic E-state index is 0. The predicted molar refractivity (Wildman–Crippen MR) is 16.0 cm³/mol. The van der Waals surface area contributed by atoms with Crippen LogP contribution in [-0.4, -0.2) is 67.4 Å². The van der Waals surface area contributed by atoms with Gasteiger partial charge >= 0.3 is 51.4 Å². The van der Waals surface area contributed by atoms with Crippen LogP contribution in [0.25, 0.3) is 0 Å². The van der Waals surface area contributed by atoms with Crippen LogP contribution in [-0.2, 0) is 0 Å². The summed E-state index contributed by atoms with van der Waals surface area (Å²) in [6.07, 6.45) is 0. The van der Waals surface area contributed by atoms with Gasteiger partial charge in [-0.15, -0.1) is 0 Å². The Morgan fingerprint density at radius 3 is 1.00 bits per heavy atom. The van der Waals surface area contributed by atoms with E-state index in [2.05, 4.69) is 0 Å². The van der Waals surface area contributed by atoms with Crippen molar-refractivity contribution in [2.75, 3.05) is 0 Å². The molecule has 0 aromatic heterocycles. The molecule has 0 bridgehead atoms. The Labute approximate surface area is 66.3 Å². The third-order valence-corrected chi connectivity index (χ3v) is 0. The van der Waals surface area contributed by atoms with E-state index in [-0.39, 0.29) is 56.9 Å². The first-order chi connectivity index (χ1) is 1.00. The molecule has 0 radical (unpaired) electrons. The van der Waals surface area contributed by atoms with Crippen molar-refractivity contribution in [1.29, 1.82) is 0 Å². The SMILES string of the molecule is O.OO.[KH]. The van der Waals surface area contributed by atoms with Gasteiger partial charge < -0.3 is 5.48 Å². The molecule has 0 unspecified atom stereocenters. The molecule has 0 heterocycles. The second kappa shape index (κ2) is 24.3. The molecular weight excluding hydrogens is 87.1 g/mol. The number of hydrogen-bond donors (Lipinski definition) is 2. The molecule has 0 aromatic rings. The van der Waals surface area contributed by atoms with E-state index in [4.69, 9.17) is 10.5 Å². The van der Waals surface area contributed by atoms with Crippen LogP contribution in [0.3, 0.4) is 0 Å². The maximum atomic E-state index is 6.00. The van der Waals surface area contributed by atoms with Crippen LogP contribution in [0.4, 0.5) is 0 Å². The van der Waals surface area contributed by atoms with Crippen LogP contribution >= 0.6 is 0 Å². The molecule has 0 aliphatic heterocycles. The summed E-state index contributed by atoms with van der Waals surface area (Å²) in [5.41, 5.74) is 0. The van der Waals surface area contributed by atoms with E-state index in [0.29, 0.717) is 0 Å². The molecule has 0 amide bonds. The molecular formula is H5KO3. The summed E-state index contributed by atoms with van der Waals surface area (Å²) in [5.74, 6) is 0. The summed E-state index contributed by atoms with van der Waals surface area (Å²) in [5, 5.41) is 12.0. The van der Waals surface area contributed by atoms with Gasteiger partial charge in [-0.1, -0.05) is 0 Å². The van der Waals surface area contributed by atoms with Crippen molar-refractivity contribution in [1.82, 2.24) is 0 Å². The molecule has 0 aliphatic rings. The van der Waals surface area contributed by atoms with Crippen LogP contribution in [0.2, 0.25) is 0 Å². The fourth-order valence-electron chi connectivity index (χ4n) is 0. The standard InChI is InChI=1S/K.H2O2.H2O.H/c;1-2;;/h;1-2H;1H2;. The van der Waals surface area contributed by atoms with Crippen LogP contribution < -0.4 is 0 Å². The van der Waals surface area contributed by atoms with Crippen LogP contribution in [0.15, 0.2) is 0 Å². The Balaban J connectivity index is -0.00000000500. The Morgan fingerprint density at radius 1 is 1.00 bits per heavy atom. The first-order valence-corrected chi connectivity index (χ1v) is 0.200. The zero-order chi connectivity index (χ0) is 2.00. The van der Waals surface area contributed by atoms with Crippen molar-refractivity contribution in [3.63, 3.8) is 0 Å². The zero-order valence-electron chi connectivity index (χ0n) is 1.39. The van der Waals surface area contributed by atoms with E-state index in [1.165, 1.54) is 0 Å². The van der Waals surface area contributed by atoms with Crippen molar-refractivity contribution in [2.24, 2.45) is 0 Å². The average molecular weight is 92.1 g/mol. The van der Waals surface area contributed by atoms with Crippen molar-refractivity contribution < 1.29 is 16.0 Å². The Kier molecular flexibility index (Phi) is 108. The summed E-state index contributed by atoms with van der Waals surface area (Å²) < 4.78 is 0. The number of hydrogen-bond acceptors (Lipinski definition) is 2. The Morgan fingerprint density at radius 2 is 1.00 bits per heavy atom. The van der Waals surface area contributed by atoms with Crippen molar-refractivity contribution in [2.45, 2.75) is 0 Å². The summed E-state index contributed by atoms with van der Waals surface area (Å²) in [7, 11) is 0. The van der Waals surface area contributed by atoms with Crippen molar-refractivity contribution in [3.05, 3.63) is 0 Å². The van der Waals surface area contributed by atoms with Crippen molar-refractivity contribution in [3.8, 4) is 0 Å². The van der Waals surface area contributed by atoms with E-state index < -0.39 is 0 Å². The second-order valence-electron chi connectivity index (χ2n) is 0. The summed E-state index contributed by atoms with van der Waals surface area (Å²) in [4.78, 5) is 0. The first kappa shape index (κ1) is 17.8. The van der Waals surface area contributed by atoms with Gasteiger partial charge in [0.15, 0.2) is 0 Å². The molecule has 4 N–H and O–H groups in total. The molecule has 3 nitrogen and oxygen atoms in total. The molecule has 0 saturated carbocycles. The fraction of sp³-hybridized carbons (Fsp3) is 0. The van der Waals surface area contributed by atoms with Crippen LogP contribution in [0, 0.1) is 0 Å². The van der Waals surface area contributed by atoms with Gasteiger partial charge in [-0.05, 0) is 0 Å². The normalized spacial score (nSPS) is 1.50. The second-order valence-corrected chi connectivity index (χ2v) is 0. The summed E-state index contributed by atoms with van der Waals surface area (Å²) in [6, 6.07) is 0. The Bertz CT molecular complexity index is 3.25. The van der Waals surface area contributed by atoms with Gasteiger partial charge in [0.05, 0.1) is 0 Å².